The van der Waals surface area contributed by atoms with Gasteiger partial charge in [-0.05, 0) is 68.8 Å². The second-order valence-electron chi connectivity index (χ2n) is 6.06. The minimum absolute atomic E-state index is 0.184. The molecule has 0 aliphatic heterocycles. The third-order valence-electron chi connectivity index (χ3n) is 3.87. The predicted molar refractivity (Wildman–Crippen MR) is 108 cm³/mol. The summed E-state index contributed by atoms with van der Waals surface area (Å²) in [5.41, 5.74) is 2.03. The molecule has 0 bridgehead atoms. The van der Waals surface area contributed by atoms with Crippen LogP contribution in [0.1, 0.15) is 29.8 Å². The van der Waals surface area contributed by atoms with Gasteiger partial charge in [-0.1, -0.05) is 11.6 Å². The van der Waals surface area contributed by atoms with Crippen LogP contribution in [-0.4, -0.2) is 37.8 Å². The van der Waals surface area contributed by atoms with E-state index in [1.165, 1.54) is 0 Å². The minimum Gasteiger partial charge on any atom is -0.479 e. The highest BCUT2D eigenvalue weighted by molar-refractivity contribution is 6.30. The van der Waals surface area contributed by atoms with Gasteiger partial charge >= 0.3 is 5.97 Å². The first-order valence-corrected chi connectivity index (χ1v) is 9.37. The van der Waals surface area contributed by atoms with E-state index in [1.54, 1.807) is 49.4 Å². The third-order valence-corrected chi connectivity index (χ3v) is 4.11. The maximum Gasteiger partial charge on any atom is 0.347 e. The van der Waals surface area contributed by atoms with E-state index in [2.05, 4.69) is 5.32 Å². The molecule has 0 aromatic heterocycles. The Morgan fingerprint density at radius 2 is 1.82 bits per heavy atom. The molecule has 1 amide bonds. The van der Waals surface area contributed by atoms with Crippen molar-refractivity contribution in [2.75, 3.05) is 25.1 Å². The van der Waals surface area contributed by atoms with Crippen molar-refractivity contribution in [3.05, 3.63) is 58.6 Å². The van der Waals surface area contributed by atoms with E-state index < -0.39 is 12.1 Å². The molecule has 1 N–H and O–H groups in total. The number of halogens is 1. The normalized spacial score (nSPS) is 11.6. The number of amides is 1. The van der Waals surface area contributed by atoms with Crippen molar-refractivity contribution in [1.29, 1.82) is 0 Å². The number of anilines is 1. The van der Waals surface area contributed by atoms with Crippen LogP contribution >= 0.6 is 11.6 Å². The summed E-state index contributed by atoms with van der Waals surface area (Å²) in [6.45, 7) is 6.45. The molecule has 1 atom stereocenters. The average Bonchev–Trinajstić information content (AvgIpc) is 2.67. The summed E-state index contributed by atoms with van der Waals surface area (Å²) in [5, 5.41) is 3.45. The Kier molecular flexibility index (Phi) is 8.29. The van der Waals surface area contributed by atoms with Gasteiger partial charge < -0.3 is 19.5 Å². The molecule has 0 spiro atoms. The zero-order valence-electron chi connectivity index (χ0n) is 16.2. The summed E-state index contributed by atoms with van der Waals surface area (Å²) in [6, 6.07) is 11.8. The van der Waals surface area contributed by atoms with Crippen molar-refractivity contribution in [3.63, 3.8) is 0 Å². The minimum atomic E-state index is -0.766. The fourth-order valence-electron chi connectivity index (χ4n) is 2.36. The van der Waals surface area contributed by atoms with Crippen LogP contribution in [0.4, 0.5) is 5.69 Å². The number of hydrogen-bond acceptors (Lipinski definition) is 5. The van der Waals surface area contributed by atoms with Crippen molar-refractivity contribution >= 4 is 29.2 Å². The molecule has 0 unspecified atom stereocenters. The Morgan fingerprint density at radius 1 is 1.11 bits per heavy atom. The van der Waals surface area contributed by atoms with E-state index >= 15 is 0 Å². The van der Waals surface area contributed by atoms with Gasteiger partial charge in [0.05, 0.1) is 6.61 Å². The number of ether oxygens (including phenoxy) is 3. The van der Waals surface area contributed by atoms with Crippen LogP contribution in [0.5, 0.6) is 5.75 Å². The quantitative estimate of drug-likeness (QED) is 0.498. The Labute approximate surface area is 169 Å². The Balaban J connectivity index is 1.89. The van der Waals surface area contributed by atoms with Crippen LogP contribution in [-0.2, 0) is 14.3 Å². The lowest BCUT2D eigenvalue weighted by Gasteiger charge is -2.14. The third kappa shape index (κ3) is 6.55. The maximum absolute atomic E-state index is 12.4. The van der Waals surface area contributed by atoms with Crippen molar-refractivity contribution in [1.82, 2.24) is 0 Å². The highest BCUT2D eigenvalue weighted by Crippen LogP contribution is 2.21. The van der Waals surface area contributed by atoms with Crippen molar-refractivity contribution in [2.45, 2.75) is 26.9 Å². The molecular formula is C21H24ClNO5. The van der Waals surface area contributed by atoms with Crippen molar-refractivity contribution < 1.29 is 23.8 Å². The number of carbonyl (C=O) groups is 2. The van der Waals surface area contributed by atoms with Gasteiger partial charge in [0.15, 0.2) is 6.10 Å². The van der Waals surface area contributed by atoms with Gasteiger partial charge in [0, 0.05) is 22.9 Å². The molecule has 2 aromatic rings. The molecule has 28 heavy (non-hydrogen) atoms. The van der Waals surface area contributed by atoms with Crippen LogP contribution in [0.2, 0.25) is 5.02 Å². The van der Waals surface area contributed by atoms with Gasteiger partial charge in [-0.2, -0.15) is 0 Å². The molecule has 6 nitrogen and oxygen atoms in total. The number of nitrogens with one attached hydrogen (secondary N) is 1. The number of esters is 1. The Morgan fingerprint density at radius 3 is 2.46 bits per heavy atom. The molecule has 2 rings (SSSR count). The monoisotopic (exact) mass is 405 g/mol. The number of rotatable bonds is 9. The van der Waals surface area contributed by atoms with Gasteiger partial charge in [-0.3, -0.25) is 4.79 Å². The average molecular weight is 406 g/mol. The maximum atomic E-state index is 12.4. The van der Waals surface area contributed by atoms with E-state index in [0.29, 0.717) is 35.2 Å². The fraction of sp³-hybridized carbons (Fsp3) is 0.333. The summed E-state index contributed by atoms with van der Waals surface area (Å²) in [7, 11) is 0. The molecule has 0 saturated carbocycles. The van der Waals surface area contributed by atoms with Gasteiger partial charge in [0.25, 0.3) is 5.91 Å². The second kappa shape index (κ2) is 10.7. The van der Waals surface area contributed by atoms with E-state index in [4.69, 9.17) is 25.8 Å². The van der Waals surface area contributed by atoms with Gasteiger partial charge in [-0.25, -0.2) is 4.79 Å². The molecule has 0 aliphatic rings. The lowest BCUT2D eigenvalue weighted by Crippen LogP contribution is -2.27. The summed E-state index contributed by atoms with van der Waals surface area (Å²) in [6.07, 6.45) is -0.766. The van der Waals surface area contributed by atoms with Crippen LogP contribution < -0.4 is 10.1 Å². The molecular weight excluding hydrogens is 382 g/mol. The summed E-state index contributed by atoms with van der Waals surface area (Å²) in [4.78, 5) is 24.3. The summed E-state index contributed by atoms with van der Waals surface area (Å²) < 4.78 is 15.7. The van der Waals surface area contributed by atoms with Crippen molar-refractivity contribution in [3.8, 4) is 5.75 Å². The smallest absolute Gasteiger partial charge is 0.347 e. The van der Waals surface area contributed by atoms with Crippen LogP contribution in [0, 0.1) is 6.92 Å². The number of aryl methyl sites for hydroxylation is 1. The number of hydrogen-bond donors (Lipinski definition) is 1. The number of benzene rings is 2. The van der Waals surface area contributed by atoms with Crippen molar-refractivity contribution in [2.24, 2.45) is 0 Å². The van der Waals surface area contributed by atoms with E-state index in [-0.39, 0.29) is 12.5 Å². The summed E-state index contributed by atoms with van der Waals surface area (Å²) in [5.74, 6) is -0.256. The lowest BCUT2D eigenvalue weighted by molar-refractivity contribution is -0.152. The molecule has 0 heterocycles. The molecule has 150 valence electrons. The zero-order valence-corrected chi connectivity index (χ0v) is 16.9. The summed E-state index contributed by atoms with van der Waals surface area (Å²) >= 11 is 5.93. The van der Waals surface area contributed by atoms with Gasteiger partial charge in [-0.15, -0.1) is 0 Å². The fourth-order valence-corrected chi connectivity index (χ4v) is 2.59. The van der Waals surface area contributed by atoms with Gasteiger partial charge in [0.1, 0.15) is 12.4 Å². The van der Waals surface area contributed by atoms with Gasteiger partial charge in [0.2, 0.25) is 0 Å². The Bertz CT molecular complexity index is 807. The molecule has 2 aromatic carbocycles. The topological polar surface area (TPSA) is 73.9 Å². The second-order valence-corrected chi connectivity index (χ2v) is 6.50. The zero-order chi connectivity index (χ0) is 20.5. The Hall–Kier alpha value is -2.57. The molecule has 0 fully saturated rings. The van der Waals surface area contributed by atoms with Crippen LogP contribution in [0.3, 0.4) is 0 Å². The molecule has 0 radical (unpaired) electrons. The standard InChI is InChI=1S/C21H24ClNO5/c1-4-26-11-12-27-21(25)15(3)28-18-8-5-16(6-9-18)20(24)23-19-10-7-17(22)13-14(19)2/h5-10,13,15H,4,11-12H2,1-3H3,(H,23,24)/t15-/m1/s1. The molecule has 0 saturated heterocycles. The van der Waals surface area contributed by atoms with E-state index in [1.807, 2.05) is 13.8 Å². The lowest BCUT2D eigenvalue weighted by atomic mass is 10.1. The molecule has 7 heteroatoms. The first kappa shape index (κ1) is 21.7. The van der Waals surface area contributed by atoms with Crippen LogP contribution in [0.25, 0.3) is 0 Å². The number of carbonyl (C=O) groups excluding carboxylic acids is 2. The van der Waals surface area contributed by atoms with E-state index in [9.17, 15) is 9.59 Å². The molecule has 0 aliphatic carbocycles. The highest BCUT2D eigenvalue weighted by Gasteiger charge is 2.16. The largest absolute Gasteiger partial charge is 0.479 e. The first-order chi connectivity index (χ1) is 13.4. The predicted octanol–water partition coefficient (Wildman–Crippen LogP) is 4.25. The highest BCUT2D eigenvalue weighted by atomic mass is 35.5. The SMILES string of the molecule is CCOCCOC(=O)[C@@H](C)Oc1ccc(C(=O)Nc2ccc(Cl)cc2C)cc1. The van der Waals surface area contributed by atoms with Crippen LogP contribution in [0.15, 0.2) is 42.5 Å². The first-order valence-electron chi connectivity index (χ1n) is 8.99. The van der Waals surface area contributed by atoms with E-state index in [0.717, 1.165) is 5.56 Å².